The van der Waals surface area contributed by atoms with E-state index in [-0.39, 0.29) is 17.7 Å². The van der Waals surface area contributed by atoms with Crippen molar-refractivity contribution in [3.8, 4) is 11.1 Å². The predicted molar refractivity (Wildman–Crippen MR) is 118 cm³/mol. The van der Waals surface area contributed by atoms with Gasteiger partial charge in [0.2, 0.25) is 5.91 Å². The normalized spacial score (nSPS) is 14.6. The summed E-state index contributed by atoms with van der Waals surface area (Å²) in [5, 5.41) is 7.49. The number of thiophene rings is 1. The van der Waals surface area contributed by atoms with Crippen molar-refractivity contribution in [1.82, 2.24) is 4.90 Å². The van der Waals surface area contributed by atoms with Crippen LogP contribution in [0.4, 0.5) is 5.69 Å². The van der Waals surface area contributed by atoms with Gasteiger partial charge in [-0.25, -0.2) is 0 Å². The Morgan fingerprint density at radius 2 is 1.72 bits per heavy atom. The lowest BCUT2D eigenvalue weighted by atomic mass is 9.95. The van der Waals surface area contributed by atoms with Gasteiger partial charge in [0.25, 0.3) is 5.91 Å². The molecule has 0 unspecified atom stereocenters. The highest BCUT2D eigenvalue weighted by Gasteiger charge is 2.28. The van der Waals surface area contributed by atoms with Gasteiger partial charge in [0.1, 0.15) is 0 Å². The molecule has 1 fully saturated rings. The molecule has 6 heteroatoms. The largest absolute Gasteiger partial charge is 0.339 e. The van der Waals surface area contributed by atoms with Gasteiger partial charge < -0.3 is 10.2 Å². The third kappa shape index (κ3) is 4.69. The van der Waals surface area contributed by atoms with Crippen molar-refractivity contribution in [3.63, 3.8) is 0 Å². The Labute approximate surface area is 179 Å². The molecule has 0 atom stereocenters. The van der Waals surface area contributed by atoms with Crippen LogP contribution >= 0.6 is 22.9 Å². The minimum Gasteiger partial charge on any atom is -0.339 e. The zero-order valence-electron chi connectivity index (χ0n) is 15.8. The van der Waals surface area contributed by atoms with Crippen LogP contribution < -0.4 is 5.32 Å². The number of piperidine rings is 1. The van der Waals surface area contributed by atoms with Crippen molar-refractivity contribution < 1.29 is 9.59 Å². The lowest BCUT2D eigenvalue weighted by Gasteiger charge is -2.31. The summed E-state index contributed by atoms with van der Waals surface area (Å²) >= 11 is 7.61. The Hall–Kier alpha value is -2.63. The van der Waals surface area contributed by atoms with Gasteiger partial charge in [-0.2, -0.15) is 11.3 Å². The summed E-state index contributed by atoms with van der Waals surface area (Å²) in [6.07, 6.45) is 1.35. The fourth-order valence-electron chi connectivity index (χ4n) is 3.60. The zero-order chi connectivity index (χ0) is 20.2. The van der Waals surface area contributed by atoms with E-state index in [1.807, 2.05) is 70.3 Å². The van der Waals surface area contributed by atoms with E-state index in [4.69, 9.17) is 11.6 Å². The van der Waals surface area contributed by atoms with Crippen molar-refractivity contribution in [2.75, 3.05) is 18.4 Å². The number of carbonyl (C=O) groups excluding carboxylic acids is 2. The number of hydrogen-bond acceptors (Lipinski definition) is 3. The van der Waals surface area contributed by atoms with Gasteiger partial charge in [-0.1, -0.05) is 35.9 Å². The number of likely N-dealkylation sites (tertiary alicyclic amines) is 1. The number of anilines is 1. The van der Waals surface area contributed by atoms with Gasteiger partial charge in [0.05, 0.1) is 5.56 Å². The first kappa shape index (κ1) is 19.7. The fraction of sp³-hybridized carbons (Fsp3) is 0.217. The number of benzene rings is 2. The summed E-state index contributed by atoms with van der Waals surface area (Å²) in [7, 11) is 0. The molecule has 0 saturated carbocycles. The molecule has 1 aliphatic rings. The van der Waals surface area contributed by atoms with E-state index < -0.39 is 0 Å². The van der Waals surface area contributed by atoms with Crippen molar-refractivity contribution in [2.45, 2.75) is 12.8 Å². The van der Waals surface area contributed by atoms with Crippen LogP contribution in [0.2, 0.25) is 5.02 Å². The van der Waals surface area contributed by atoms with Crippen LogP contribution in [0.15, 0.2) is 65.4 Å². The molecule has 0 bridgehead atoms. The quantitative estimate of drug-likeness (QED) is 0.596. The molecule has 29 heavy (non-hydrogen) atoms. The lowest BCUT2D eigenvalue weighted by molar-refractivity contribution is -0.121. The van der Waals surface area contributed by atoms with Gasteiger partial charge in [-0.3, -0.25) is 9.59 Å². The van der Waals surface area contributed by atoms with Crippen LogP contribution in [0.25, 0.3) is 11.1 Å². The highest BCUT2D eigenvalue weighted by molar-refractivity contribution is 7.08. The number of nitrogens with one attached hydrogen (secondary N) is 1. The number of halogens is 1. The van der Waals surface area contributed by atoms with E-state index in [0.717, 1.165) is 22.4 Å². The lowest BCUT2D eigenvalue weighted by Crippen LogP contribution is -2.41. The first-order chi connectivity index (χ1) is 14.1. The van der Waals surface area contributed by atoms with E-state index in [9.17, 15) is 9.59 Å². The third-order valence-electron chi connectivity index (χ3n) is 5.21. The zero-order valence-corrected chi connectivity index (χ0v) is 17.4. The van der Waals surface area contributed by atoms with Crippen molar-refractivity contribution in [3.05, 3.63) is 75.9 Å². The molecule has 148 valence electrons. The predicted octanol–water partition coefficient (Wildman–Crippen LogP) is 5.56. The minimum absolute atomic E-state index is 0.0101. The van der Waals surface area contributed by atoms with E-state index in [1.54, 1.807) is 0 Å². The van der Waals surface area contributed by atoms with Gasteiger partial charge in [0.15, 0.2) is 0 Å². The molecule has 2 heterocycles. The Morgan fingerprint density at radius 3 is 2.41 bits per heavy atom. The molecular formula is C23H21ClN2O2S. The number of rotatable bonds is 4. The second kappa shape index (κ2) is 8.80. The van der Waals surface area contributed by atoms with Crippen LogP contribution in [0.1, 0.15) is 23.2 Å². The summed E-state index contributed by atoms with van der Waals surface area (Å²) in [5.41, 5.74) is 3.51. The molecule has 0 radical (unpaired) electrons. The van der Waals surface area contributed by atoms with E-state index in [0.29, 0.717) is 31.0 Å². The van der Waals surface area contributed by atoms with Crippen LogP contribution in [0.5, 0.6) is 0 Å². The van der Waals surface area contributed by atoms with Crippen molar-refractivity contribution in [1.29, 1.82) is 0 Å². The molecule has 1 N–H and O–H groups in total. The molecule has 0 aliphatic carbocycles. The molecule has 2 aromatic carbocycles. The first-order valence-corrected chi connectivity index (χ1v) is 10.9. The molecule has 0 spiro atoms. The first-order valence-electron chi connectivity index (χ1n) is 9.58. The SMILES string of the molecule is O=C(Nc1cccc(-c2cccc(Cl)c2)c1)C1CCN(C(=O)c2ccsc2)CC1. The fourth-order valence-corrected chi connectivity index (χ4v) is 4.42. The topological polar surface area (TPSA) is 49.4 Å². The smallest absolute Gasteiger partial charge is 0.254 e. The molecule has 4 rings (SSSR count). The number of hydrogen-bond donors (Lipinski definition) is 1. The molecule has 2 amide bonds. The Bertz CT molecular complexity index is 1010. The summed E-state index contributed by atoms with van der Waals surface area (Å²) in [6.45, 7) is 1.21. The van der Waals surface area contributed by atoms with Gasteiger partial charge in [0, 0.05) is 35.1 Å². The molecule has 4 nitrogen and oxygen atoms in total. The summed E-state index contributed by atoms with van der Waals surface area (Å²) in [6, 6.07) is 17.3. The molecular weight excluding hydrogens is 404 g/mol. The standard InChI is InChI=1S/C23H21ClN2O2S/c24-20-5-1-3-17(13-20)18-4-2-6-21(14-18)25-22(27)16-7-10-26(11-8-16)23(28)19-9-12-29-15-19/h1-6,9,12-16H,7-8,10-11H2,(H,25,27). The molecule has 1 saturated heterocycles. The van der Waals surface area contributed by atoms with Gasteiger partial charge >= 0.3 is 0 Å². The summed E-state index contributed by atoms with van der Waals surface area (Å²) in [5.74, 6) is -0.0217. The van der Waals surface area contributed by atoms with Gasteiger partial charge in [-0.15, -0.1) is 0 Å². The third-order valence-corrected chi connectivity index (χ3v) is 6.13. The highest BCUT2D eigenvalue weighted by Crippen LogP contribution is 2.26. The average Bonchev–Trinajstić information content (AvgIpc) is 3.28. The number of amides is 2. The minimum atomic E-state index is -0.0867. The summed E-state index contributed by atoms with van der Waals surface area (Å²) in [4.78, 5) is 27.0. The van der Waals surface area contributed by atoms with Crippen LogP contribution in [0.3, 0.4) is 0 Å². The monoisotopic (exact) mass is 424 g/mol. The number of carbonyl (C=O) groups is 2. The average molecular weight is 425 g/mol. The number of nitrogens with zero attached hydrogens (tertiary/aromatic N) is 1. The maximum atomic E-state index is 12.7. The summed E-state index contributed by atoms with van der Waals surface area (Å²) < 4.78 is 0. The second-order valence-electron chi connectivity index (χ2n) is 7.16. The van der Waals surface area contributed by atoms with Crippen molar-refractivity contribution >= 4 is 40.4 Å². The Balaban J connectivity index is 1.37. The Morgan fingerprint density at radius 1 is 1.00 bits per heavy atom. The van der Waals surface area contributed by atoms with Gasteiger partial charge in [-0.05, 0) is 59.7 Å². The maximum Gasteiger partial charge on any atom is 0.254 e. The van der Waals surface area contributed by atoms with Crippen LogP contribution in [0, 0.1) is 5.92 Å². The van der Waals surface area contributed by atoms with E-state index >= 15 is 0 Å². The maximum absolute atomic E-state index is 12.7. The van der Waals surface area contributed by atoms with E-state index in [1.165, 1.54) is 11.3 Å². The molecule has 1 aliphatic heterocycles. The van der Waals surface area contributed by atoms with Crippen LogP contribution in [-0.4, -0.2) is 29.8 Å². The second-order valence-corrected chi connectivity index (χ2v) is 8.38. The van der Waals surface area contributed by atoms with E-state index in [2.05, 4.69) is 5.32 Å². The van der Waals surface area contributed by atoms with Crippen LogP contribution in [-0.2, 0) is 4.79 Å². The highest BCUT2D eigenvalue weighted by atomic mass is 35.5. The molecule has 3 aromatic rings. The Kier molecular flexibility index (Phi) is 5.97. The molecule has 1 aromatic heterocycles. The van der Waals surface area contributed by atoms with Crippen molar-refractivity contribution in [2.24, 2.45) is 5.92 Å².